The minimum atomic E-state index is -0.372. The van der Waals surface area contributed by atoms with Gasteiger partial charge in [-0.05, 0) is 43.7 Å². The van der Waals surface area contributed by atoms with Crippen LogP contribution in [-0.2, 0) is 9.59 Å². The summed E-state index contributed by atoms with van der Waals surface area (Å²) in [6.45, 7) is 5.21. The fraction of sp³-hybridized carbons (Fsp3) is 0.385. The molecule has 4 rings (SSSR count). The summed E-state index contributed by atoms with van der Waals surface area (Å²) in [6, 6.07) is 10.9. The quantitative estimate of drug-likeness (QED) is 0.681. The molecular formula is C26H30N2O5. The topological polar surface area (TPSA) is 79.3 Å². The second kappa shape index (κ2) is 9.27. The van der Waals surface area contributed by atoms with Crippen molar-refractivity contribution in [1.29, 1.82) is 0 Å². The van der Waals surface area contributed by atoms with Gasteiger partial charge in [0.15, 0.2) is 0 Å². The summed E-state index contributed by atoms with van der Waals surface area (Å²) < 4.78 is 10.7. The number of carbonyl (C=O) groups excluding carboxylic acids is 2. The predicted molar refractivity (Wildman–Crippen MR) is 126 cm³/mol. The second-order valence-electron chi connectivity index (χ2n) is 8.70. The van der Waals surface area contributed by atoms with Crippen LogP contribution in [0.2, 0.25) is 0 Å². The van der Waals surface area contributed by atoms with Crippen molar-refractivity contribution < 1.29 is 24.2 Å². The van der Waals surface area contributed by atoms with Crippen molar-refractivity contribution in [2.75, 3.05) is 38.8 Å². The van der Waals surface area contributed by atoms with E-state index in [1.54, 1.807) is 18.2 Å². The average molecular weight is 451 g/mol. The lowest BCUT2D eigenvalue weighted by Crippen LogP contribution is -2.40. The number of amides is 2. The van der Waals surface area contributed by atoms with E-state index in [2.05, 4.69) is 0 Å². The normalized spacial score (nSPS) is 18.9. The van der Waals surface area contributed by atoms with Crippen LogP contribution in [0.25, 0.3) is 5.57 Å². The van der Waals surface area contributed by atoms with Crippen molar-refractivity contribution in [3.63, 3.8) is 0 Å². The van der Waals surface area contributed by atoms with E-state index in [0.29, 0.717) is 41.5 Å². The van der Waals surface area contributed by atoms with E-state index in [1.165, 1.54) is 19.1 Å². The van der Waals surface area contributed by atoms with Gasteiger partial charge in [0.1, 0.15) is 17.2 Å². The minimum Gasteiger partial charge on any atom is -0.497 e. The molecule has 1 atom stereocenters. The van der Waals surface area contributed by atoms with E-state index < -0.39 is 0 Å². The summed E-state index contributed by atoms with van der Waals surface area (Å²) in [5.41, 5.74) is 3.96. The summed E-state index contributed by atoms with van der Waals surface area (Å²) in [4.78, 5) is 30.9. The molecule has 1 fully saturated rings. The number of hydrogen-bond donors (Lipinski definition) is 1. The van der Waals surface area contributed by atoms with Crippen molar-refractivity contribution in [2.24, 2.45) is 5.92 Å². The largest absolute Gasteiger partial charge is 0.497 e. The van der Waals surface area contributed by atoms with E-state index >= 15 is 0 Å². The first kappa shape index (κ1) is 22.9. The average Bonchev–Trinajstić information content (AvgIpc) is 3.08. The van der Waals surface area contributed by atoms with Gasteiger partial charge in [0.25, 0.3) is 11.8 Å². The molecule has 2 aliphatic rings. The summed E-state index contributed by atoms with van der Waals surface area (Å²) in [7, 11) is 3.05. The zero-order valence-electron chi connectivity index (χ0n) is 19.6. The number of benzene rings is 2. The summed E-state index contributed by atoms with van der Waals surface area (Å²) >= 11 is 0. The molecule has 1 saturated heterocycles. The molecule has 0 saturated carbocycles. The summed E-state index contributed by atoms with van der Waals surface area (Å²) in [6.07, 6.45) is 1.75. The van der Waals surface area contributed by atoms with E-state index in [1.807, 2.05) is 36.9 Å². The maximum absolute atomic E-state index is 13.8. The van der Waals surface area contributed by atoms with Crippen LogP contribution < -0.4 is 14.4 Å². The fourth-order valence-electron chi connectivity index (χ4n) is 4.72. The number of likely N-dealkylation sites (tertiary alicyclic amines) is 1. The number of aryl methyl sites for hydroxylation is 2. The highest BCUT2D eigenvalue weighted by molar-refractivity contribution is 6.45. The zero-order valence-corrected chi connectivity index (χ0v) is 19.6. The van der Waals surface area contributed by atoms with Crippen molar-refractivity contribution in [3.05, 3.63) is 58.8 Å². The molecule has 1 unspecified atom stereocenters. The molecule has 1 N–H and O–H groups in total. The van der Waals surface area contributed by atoms with Crippen LogP contribution >= 0.6 is 0 Å². The third kappa shape index (κ3) is 4.20. The molecule has 0 radical (unpaired) electrons. The Morgan fingerprint density at radius 1 is 1.00 bits per heavy atom. The van der Waals surface area contributed by atoms with Gasteiger partial charge >= 0.3 is 0 Å². The van der Waals surface area contributed by atoms with Gasteiger partial charge < -0.3 is 19.5 Å². The summed E-state index contributed by atoms with van der Waals surface area (Å²) in [5, 5.41) is 9.74. The van der Waals surface area contributed by atoms with E-state index in [4.69, 9.17) is 9.47 Å². The third-order valence-electron chi connectivity index (χ3n) is 6.40. The van der Waals surface area contributed by atoms with Crippen molar-refractivity contribution in [2.45, 2.75) is 26.7 Å². The number of piperidine rings is 1. The van der Waals surface area contributed by atoms with Crippen LogP contribution in [-0.4, -0.2) is 55.7 Å². The van der Waals surface area contributed by atoms with Gasteiger partial charge in [0.2, 0.25) is 0 Å². The van der Waals surface area contributed by atoms with E-state index in [-0.39, 0.29) is 24.3 Å². The highest BCUT2D eigenvalue weighted by Gasteiger charge is 2.44. The number of carbonyl (C=O) groups is 2. The van der Waals surface area contributed by atoms with Gasteiger partial charge in [-0.2, -0.15) is 0 Å². The SMILES string of the molecule is COc1cc(OC)cc(N2C(=O)C(c3ccc(C)cc3C)=C(N3CCCC(CO)C3)C2=O)c1. The minimum absolute atomic E-state index is 0.0571. The number of aliphatic hydroxyl groups excluding tert-OH is 1. The Balaban J connectivity index is 1.86. The lowest BCUT2D eigenvalue weighted by Gasteiger charge is -2.34. The molecule has 7 heteroatoms. The molecule has 174 valence electrons. The van der Waals surface area contributed by atoms with Crippen LogP contribution in [0.1, 0.15) is 29.5 Å². The number of rotatable bonds is 6. The second-order valence-corrected chi connectivity index (χ2v) is 8.70. The van der Waals surface area contributed by atoms with Crippen molar-refractivity contribution in [3.8, 4) is 11.5 Å². The zero-order chi connectivity index (χ0) is 23.7. The van der Waals surface area contributed by atoms with Crippen LogP contribution in [0.5, 0.6) is 11.5 Å². The Labute approximate surface area is 194 Å². The molecular weight excluding hydrogens is 420 g/mol. The molecule has 2 aromatic carbocycles. The molecule has 2 amide bonds. The Morgan fingerprint density at radius 3 is 2.30 bits per heavy atom. The molecule has 33 heavy (non-hydrogen) atoms. The number of hydrogen-bond acceptors (Lipinski definition) is 6. The first-order valence-corrected chi connectivity index (χ1v) is 11.2. The van der Waals surface area contributed by atoms with Gasteiger partial charge in [0.05, 0.1) is 25.5 Å². The van der Waals surface area contributed by atoms with Gasteiger partial charge in [-0.1, -0.05) is 23.8 Å². The van der Waals surface area contributed by atoms with Crippen molar-refractivity contribution >= 4 is 23.1 Å². The number of anilines is 1. The monoisotopic (exact) mass is 450 g/mol. The van der Waals surface area contributed by atoms with Crippen LogP contribution in [0.3, 0.4) is 0 Å². The third-order valence-corrected chi connectivity index (χ3v) is 6.40. The van der Waals surface area contributed by atoms with Gasteiger partial charge in [-0.15, -0.1) is 0 Å². The first-order valence-electron chi connectivity index (χ1n) is 11.2. The van der Waals surface area contributed by atoms with E-state index in [0.717, 1.165) is 29.5 Å². The van der Waals surface area contributed by atoms with Crippen LogP contribution in [0.15, 0.2) is 42.1 Å². The lowest BCUT2D eigenvalue weighted by molar-refractivity contribution is -0.120. The Kier molecular flexibility index (Phi) is 6.42. The van der Waals surface area contributed by atoms with Gasteiger partial charge in [0, 0.05) is 37.9 Å². The molecule has 0 bridgehead atoms. The first-order chi connectivity index (χ1) is 15.9. The number of ether oxygens (including phenoxy) is 2. The van der Waals surface area contributed by atoms with Crippen molar-refractivity contribution in [1.82, 2.24) is 4.90 Å². The fourth-order valence-corrected chi connectivity index (χ4v) is 4.72. The number of nitrogens with zero attached hydrogens (tertiary/aromatic N) is 2. The lowest BCUT2D eigenvalue weighted by atomic mass is 9.95. The van der Waals surface area contributed by atoms with Crippen LogP contribution in [0.4, 0.5) is 5.69 Å². The maximum atomic E-state index is 13.8. The Hall–Kier alpha value is -3.32. The molecule has 2 heterocycles. The Bertz CT molecular complexity index is 1100. The molecule has 0 aromatic heterocycles. The van der Waals surface area contributed by atoms with Gasteiger partial charge in [-0.25, -0.2) is 4.90 Å². The number of aliphatic hydroxyl groups is 1. The highest BCUT2D eigenvalue weighted by Crippen LogP contribution is 2.39. The van der Waals surface area contributed by atoms with Gasteiger partial charge in [-0.3, -0.25) is 9.59 Å². The summed E-state index contributed by atoms with van der Waals surface area (Å²) in [5.74, 6) is 0.308. The predicted octanol–water partition coefficient (Wildman–Crippen LogP) is 3.31. The highest BCUT2D eigenvalue weighted by atomic mass is 16.5. The maximum Gasteiger partial charge on any atom is 0.282 e. The molecule has 2 aliphatic heterocycles. The molecule has 7 nitrogen and oxygen atoms in total. The number of imide groups is 1. The van der Waals surface area contributed by atoms with Crippen LogP contribution in [0, 0.1) is 19.8 Å². The standard InChI is InChI=1S/C26H30N2O5/c1-16-7-8-22(17(2)10-16)23-24(27-9-5-6-18(14-27)15-29)26(31)28(25(23)30)19-11-20(32-3)13-21(12-19)33-4/h7-8,10-13,18,29H,5-6,9,14-15H2,1-4H3. The molecule has 2 aromatic rings. The molecule has 0 spiro atoms. The smallest absolute Gasteiger partial charge is 0.282 e. The molecule has 0 aliphatic carbocycles. The number of methoxy groups -OCH3 is 2. The van der Waals surface area contributed by atoms with E-state index in [9.17, 15) is 14.7 Å². The Morgan fingerprint density at radius 2 is 1.70 bits per heavy atom.